The van der Waals surface area contributed by atoms with E-state index >= 15 is 0 Å². The first-order valence-electron chi connectivity index (χ1n) is 8.22. The SMILES string of the molecule is CN(C)C=Nc1c(C#N)c[nH][n+]1-c1ncnc2sc(-c3ccccc3)cc12. The van der Waals surface area contributed by atoms with Crippen molar-refractivity contribution in [3.63, 3.8) is 0 Å². The largest absolute Gasteiger partial charge is 0.355 e. The molecule has 0 amide bonds. The Hall–Kier alpha value is -3.57. The van der Waals surface area contributed by atoms with E-state index in [4.69, 9.17) is 0 Å². The number of fused-ring (bicyclic) bond motifs is 1. The molecule has 0 spiro atoms. The van der Waals surface area contributed by atoms with Gasteiger partial charge in [0.1, 0.15) is 16.5 Å². The molecule has 0 saturated carbocycles. The molecule has 4 rings (SSSR count). The summed E-state index contributed by atoms with van der Waals surface area (Å²) in [5.41, 5.74) is 1.57. The van der Waals surface area contributed by atoms with Gasteiger partial charge >= 0.3 is 5.82 Å². The molecule has 1 N–H and O–H groups in total. The molecule has 1 aromatic carbocycles. The minimum Gasteiger partial charge on any atom is -0.355 e. The number of H-pyrrole nitrogens is 1. The summed E-state index contributed by atoms with van der Waals surface area (Å²) in [7, 11) is 3.75. The molecule has 27 heavy (non-hydrogen) atoms. The molecule has 0 saturated heterocycles. The van der Waals surface area contributed by atoms with Crippen LogP contribution in [0.4, 0.5) is 5.82 Å². The Morgan fingerprint density at radius 1 is 1.26 bits per heavy atom. The highest BCUT2D eigenvalue weighted by molar-refractivity contribution is 7.21. The summed E-state index contributed by atoms with van der Waals surface area (Å²) < 4.78 is 1.71. The molecule has 7 nitrogen and oxygen atoms in total. The van der Waals surface area contributed by atoms with Gasteiger partial charge in [0, 0.05) is 19.0 Å². The van der Waals surface area contributed by atoms with Crippen molar-refractivity contribution in [2.45, 2.75) is 0 Å². The Labute approximate surface area is 159 Å². The maximum atomic E-state index is 9.41. The van der Waals surface area contributed by atoms with E-state index in [1.807, 2.05) is 37.2 Å². The summed E-state index contributed by atoms with van der Waals surface area (Å²) in [5.74, 6) is 1.16. The second-order valence-electron chi connectivity index (χ2n) is 6.06. The number of rotatable bonds is 4. The monoisotopic (exact) mass is 374 g/mol. The van der Waals surface area contributed by atoms with Gasteiger partial charge in [0.25, 0.3) is 5.82 Å². The van der Waals surface area contributed by atoms with Crippen LogP contribution in [-0.2, 0) is 0 Å². The third-order valence-electron chi connectivity index (χ3n) is 3.90. The molecular weight excluding hydrogens is 358 g/mol. The summed E-state index contributed by atoms with van der Waals surface area (Å²) in [5, 5.41) is 13.4. The highest BCUT2D eigenvalue weighted by atomic mass is 32.1. The van der Waals surface area contributed by atoms with Gasteiger partial charge < -0.3 is 4.90 Å². The molecule has 132 valence electrons. The van der Waals surface area contributed by atoms with E-state index < -0.39 is 0 Å². The van der Waals surface area contributed by atoms with Crippen LogP contribution >= 0.6 is 11.3 Å². The van der Waals surface area contributed by atoms with Crippen LogP contribution < -0.4 is 4.68 Å². The molecular formula is C19H16N7S+. The molecule has 0 aliphatic heterocycles. The summed E-state index contributed by atoms with van der Waals surface area (Å²) in [6.07, 6.45) is 4.81. The smallest absolute Gasteiger partial charge is 0.306 e. The van der Waals surface area contributed by atoms with E-state index in [0.717, 1.165) is 20.7 Å². The maximum Gasteiger partial charge on any atom is 0.306 e. The summed E-state index contributed by atoms with van der Waals surface area (Å²) in [6, 6.07) is 14.4. The lowest BCUT2D eigenvalue weighted by molar-refractivity contribution is -0.644. The van der Waals surface area contributed by atoms with E-state index in [1.54, 1.807) is 28.6 Å². The van der Waals surface area contributed by atoms with Crippen molar-refractivity contribution in [3.8, 4) is 22.3 Å². The van der Waals surface area contributed by atoms with Crippen LogP contribution in [0.1, 0.15) is 5.56 Å². The third-order valence-corrected chi connectivity index (χ3v) is 4.99. The normalized spacial score (nSPS) is 11.1. The zero-order chi connectivity index (χ0) is 18.8. The van der Waals surface area contributed by atoms with E-state index in [1.165, 1.54) is 6.33 Å². The van der Waals surface area contributed by atoms with Gasteiger partial charge in [-0.2, -0.15) is 5.26 Å². The molecule has 0 aliphatic carbocycles. The van der Waals surface area contributed by atoms with Crippen molar-refractivity contribution in [3.05, 3.63) is 54.5 Å². The van der Waals surface area contributed by atoms with Crippen LogP contribution in [0.5, 0.6) is 0 Å². The fraction of sp³-hybridized carbons (Fsp3) is 0.105. The zero-order valence-corrected chi connectivity index (χ0v) is 15.6. The van der Waals surface area contributed by atoms with Gasteiger partial charge in [-0.05, 0) is 11.6 Å². The second-order valence-corrected chi connectivity index (χ2v) is 7.09. The van der Waals surface area contributed by atoms with Crippen molar-refractivity contribution in [2.24, 2.45) is 4.99 Å². The standard InChI is InChI=1S/C19H15N7S/c1-25(2)12-23-17-14(9-20)10-24-26(17)18-15-8-16(13-6-4-3-5-7-13)27-19(15)22-11-21-18/h3-8,10-12H,1-2H3/p+1. The molecule has 3 aromatic heterocycles. The van der Waals surface area contributed by atoms with Gasteiger partial charge in [-0.25, -0.2) is 10.1 Å². The summed E-state index contributed by atoms with van der Waals surface area (Å²) in [6.45, 7) is 0. The average Bonchev–Trinajstić information content (AvgIpc) is 3.30. The second kappa shape index (κ2) is 6.97. The number of thiophene rings is 1. The first-order valence-corrected chi connectivity index (χ1v) is 9.03. The van der Waals surface area contributed by atoms with E-state index in [9.17, 15) is 5.26 Å². The fourth-order valence-corrected chi connectivity index (χ4v) is 3.68. The molecule has 0 unspecified atom stereocenters. The van der Waals surface area contributed by atoms with Crippen LogP contribution in [0.3, 0.4) is 0 Å². The van der Waals surface area contributed by atoms with E-state index in [2.05, 4.69) is 44.3 Å². The summed E-state index contributed by atoms with van der Waals surface area (Å²) >= 11 is 1.61. The third kappa shape index (κ3) is 3.16. The Morgan fingerprint density at radius 3 is 2.81 bits per heavy atom. The molecule has 0 fully saturated rings. The molecule has 0 bridgehead atoms. The van der Waals surface area contributed by atoms with Crippen LogP contribution in [0, 0.1) is 11.3 Å². The van der Waals surface area contributed by atoms with Crippen LogP contribution in [0.15, 0.2) is 53.9 Å². The van der Waals surface area contributed by atoms with Crippen molar-refractivity contribution in [1.29, 1.82) is 5.26 Å². The minimum atomic E-state index is 0.443. The Kier molecular flexibility index (Phi) is 4.36. The predicted molar refractivity (Wildman–Crippen MR) is 105 cm³/mol. The zero-order valence-electron chi connectivity index (χ0n) is 14.8. The lowest BCUT2D eigenvalue weighted by atomic mass is 10.2. The van der Waals surface area contributed by atoms with Gasteiger partial charge in [0.15, 0.2) is 12.7 Å². The lowest BCUT2D eigenvalue weighted by Crippen LogP contribution is -2.34. The Bertz CT molecular complexity index is 1170. The van der Waals surface area contributed by atoms with Gasteiger partial charge in [0.05, 0.1) is 11.6 Å². The first-order chi connectivity index (χ1) is 13.2. The lowest BCUT2D eigenvalue weighted by Gasteiger charge is -2.00. The van der Waals surface area contributed by atoms with Gasteiger partial charge in [-0.1, -0.05) is 40.3 Å². The van der Waals surface area contributed by atoms with Crippen LogP contribution in [0.2, 0.25) is 0 Å². The molecule has 0 atom stereocenters. The summed E-state index contributed by atoms with van der Waals surface area (Å²) in [4.78, 5) is 17.1. The number of hydrogen-bond acceptors (Lipinski definition) is 5. The van der Waals surface area contributed by atoms with E-state index in [0.29, 0.717) is 17.2 Å². The molecule has 3 heterocycles. The predicted octanol–water partition coefficient (Wildman–Crippen LogP) is 3.06. The van der Waals surface area contributed by atoms with Crippen molar-refractivity contribution in [2.75, 3.05) is 14.1 Å². The number of benzene rings is 1. The van der Waals surface area contributed by atoms with Crippen molar-refractivity contribution in [1.82, 2.24) is 20.0 Å². The number of nitriles is 1. The Balaban J connectivity index is 1.89. The molecule has 0 aliphatic rings. The van der Waals surface area contributed by atoms with Crippen LogP contribution in [0.25, 0.3) is 26.5 Å². The first kappa shape index (κ1) is 16.9. The quantitative estimate of drug-likeness (QED) is 0.338. The number of hydrogen-bond donors (Lipinski definition) is 1. The highest BCUT2D eigenvalue weighted by Gasteiger charge is 2.23. The Morgan fingerprint density at radius 2 is 2.07 bits per heavy atom. The minimum absolute atomic E-state index is 0.443. The number of aromatic amines is 1. The van der Waals surface area contributed by atoms with Crippen LogP contribution in [-0.4, -0.2) is 40.4 Å². The fourth-order valence-electron chi connectivity index (χ4n) is 2.68. The highest BCUT2D eigenvalue weighted by Crippen LogP contribution is 2.33. The van der Waals surface area contributed by atoms with Crippen molar-refractivity contribution >= 4 is 33.7 Å². The van der Waals surface area contributed by atoms with Gasteiger partial charge in [0.2, 0.25) is 0 Å². The maximum absolute atomic E-state index is 9.41. The number of nitrogens with one attached hydrogen (secondary N) is 1. The van der Waals surface area contributed by atoms with Gasteiger partial charge in [-0.3, -0.25) is 0 Å². The van der Waals surface area contributed by atoms with Gasteiger partial charge in [-0.15, -0.1) is 16.0 Å². The molecule has 8 heteroatoms. The molecule has 4 aromatic rings. The topological polar surface area (TPSA) is 84.8 Å². The van der Waals surface area contributed by atoms with E-state index in [-0.39, 0.29) is 0 Å². The average molecular weight is 374 g/mol. The molecule has 0 radical (unpaired) electrons. The van der Waals surface area contributed by atoms with Crippen molar-refractivity contribution < 1.29 is 4.68 Å². The number of aromatic nitrogens is 4. The number of aliphatic imine (C=N–C) groups is 1. The number of nitrogens with zero attached hydrogens (tertiary/aromatic N) is 6.